The third kappa shape index (κ3) is 3.98. The molecular formula is C18H16F4N6O. The summed E-state index contributed by atoms with van der Waals surface area (Å²) in [5.41, 5.74) is -0.603. The van der Waals surface area contributed by atoms with Crippen molar-refractivity contribution < 1.29 is 22.4 Å². The van der Waals surface area contributed by atoms with Crippen LogP contribution in [0.2, 0.25) is 0 Å². The molecule has 1 aliphatic heterocycles. The molecule has 1 amide bonds. The van der Waals surface area contributed by atoms with E-state index in [1.165, 1.54) is 12.4 Å². The number of benzene rings is 1. The summed E-state index contributed by atoms with van der Waals surface area (Å²) in [6.45, 7) is 1.88. The molecule has 0 saturated carbocycles. The summed E-state index contributed by atoms with van der Waals surface area (Å²) in [7, 11) is 0. The van der Waals surface area contributed by atoms with E-state index < -0.39 is 17.6 Å². The molecule has 0 N–H and O–H groups in total. The van der Waals surface area contributed by atoms with Gasteiger partial charge in [-0.25, -0.2) is 4.39 Å². The number of piperazine rings is 1. The third-order valence-corrected chi connectivity index (χ3v) is 4.80. The van der Waals surface area contributed by atoms with Crippen molar-refractivity contribution in [1.29, 1.82) is 0 Å². The molecule has 2 aromatic heterocycles. The van der Waals surface area contributed by atoms with Gasteiger partial charge in [-0.2, -0.15) is 17.7 Å². The van der Waals surface area contributed by atoms with Crippen LogP contribution in [-0.2, 0) is 17.4 Å². The number of nitrogens with zero attached hydrogens (tertiary/aromatic N) is 6. The van der Waals surface area contributed by atoms with Gasteiger partial charge in [-0.15, -0.1) is 15.3 Å². The van der Waals surface area contributed by atoms with Crippen LogP contribution in [0.3, 0.4) is 0 Å². The van der Waals surface area contributed by atoms with Crippen molar-refractivity contribution in [3.05, 3.63) is 53.6 Å². The van der Waals surface area contributed by atoms with E-state index in [1.54, 1.807) is 15.5 Å². The summed E-state index contributed by atoms with van der Waals surface area (Å²) < 4.78 is 53.5. The minimum Gasteiger partial charge on any atom is -0.352 e. The predicted octanol–water partition coefficient (Wildman–Crippen LogP) is 2.17. The number of anilines is 1. The van der Waals surface area contributed by atoms with Gasteiger partial charge in [0.25, 0.3) is 0 Å². The van der Waals surface area contributed by atoms with Crippen LogP contribution < -0.4 is 4.90 Å². The Morgan fingerprint density at radius 2 is 1.83 bits per heavy atom. The molecule has 0 bridgehead atoms. The van der Waals surface area contributed by atoms with Crippen LogP contribution in [0.4, 0.5) is 23.4 Å². The Hall–Kier alpha value is -3.24. The number of carbonyl (C=O) groups is 1. The zero-order chi connectivity index (χ0) is 20.6. The van der Waals surface area contributed by atoms with Crippen molar-refractivity contribution in [2.75, 3.05) is 31.1 Å². The summed E-state index contributed by atoms with van der Waals surface area (Å²) in [5.74, 6) is -0.927. The third-order valence-electron chi connectivity index (χ3n) is 4.80. The molecule has 0 radical (unpaired) electrons. The highest BCUT2D eigenvalue weighted by Gasteiger charge is 2.34. The molecule has 3 aromatic rings. The molecule has 7 nitrogen and oxygen atoms in total. The maximum atomic E-state index is 13.4. The van der Waals surface area contributed by atoms with Crippen molar-refractivity contribution >= 4 is 17.4 Å². The van der Waals surface area contributed by atoms with Gasteiger partial charge in [0.2, 0.25) is 5.91 Å². The van der Waals surface area contributed by atoms with Crippen LogP contribution in [0.15, 0.2) is 36.7 Å². The summed E-state index contributed by atoms with van der Waals surface area (Å²) in [6.07, 6.45) is -3.52. The van der Waals surface area contributed by atoms with E-state index in [0.717, 1.165) is 11.9 Å². The maximum absolute atomic E-state index is 13.4. The first kappa shape index (κ1) is 19.1. The highest BCUT2D eigenvalue weighted by molar-refractivity contribution is 5.79. The molecule has 1 fully saturated rings. The lowest BCUT2D eigenvalue weighted by atomic mass is 10.1. The lowest BCUT2D eigenvalue weighted by Crippen LogP contribution is -2.49. The number of aromatic nitrogens is 4. The van der Waals surface area contributed by atoms with E-state index in [4.69, 9.17) is 0 Å². The molecule has 0 atom stereocenters. The SMILES string of the molecule is O=C(Cc1ccc(F)c(C(F)(F)F)c1)N1CCN(c2ccc3nncn3n2)CC1. The monoisotopic (exact) mass is 408 g/mol. The Bertz CT molecular complexity index is 1040. The topological polar surface area (TPSA) is 66.6 Å². The second-order valence-corrected chi connectivity index (χ2v) is 6.68. The minimum absolute atomic E-state index is 0.130. The van der Waals surface area contributed by atoms with Crippen molar-refractivity contribution in [2.45, 2.75) is 12.6 Å². The minimum atomic E-state index is -4.80. The molecule has 0 aliphatic carbocycles. The number of hydrogen-bond donors (Lipinski definition) is 0. The van der Waals surface area contributed by atoms with E-state index in [9.17, 15) is 22.4 Å². The van der Waals surface area contributed by atoms with Crippen LogP contribution >= 0.6 is 0 Å². The standard InChI is InChI=1S/C18H16F4N6O/c19-14-2-1-12(9-13(14)18(20,21)22)10-17(29)27-7-5-26(6-8-27)16-4-3-15-24-23-11-28(15)25-16/h1-4,9,11H,5-8,10H2. The van der Waals surface area contributed by atoms with Gasteiger partial charge in [-0.1, -0.05) is 6.07 Å². The maximum Gasteiger partial charge on any atom is 0.419 e. The van der Waals surface area contributed by atoms with Gasteiger partial charge in [0.05, 0.1) is 12.0 Å². The molecule has 3 heterocycles. The second-order valence-electron chi connectivity index (χ2n) is 6.68. The van der Waals surface area contributed by atoms with Crippen molar-refractivity contribution in [3.63, 3.8) is 0 Å². The quantitative estimate of drug-likeness (QED) is 0.622. The number of halogens is 4. The Labute approximate surface area is 162 Å². The van der Waals surface area contributed by atoms with E-state index >= 15 is 0 Å². The highest BCUT2D eigenvalue weighted by atomic mass is 19.4. The largest absolute Gasteiger partial charge is 0.419 e. The highest BCUT2D eigenvalue weighted by Crippen LogP contribution is 2.32. The first-order chi connectivity index (χ1) is 13.8. The summed E-state index contributed by atoms with van der Waals surface area (Å²) in [4.78, 5) is 16.1. The van der Waals surface area contributed by atoms with Gasteiger partial charge < -0.3 is 9.80 Å². The fourth-order valence-corrected chi connectivity index (χ4v) is 3.26. The van der Waals surface area contributed by atoms with Crippen LogP contribution in [0, 0.1) is 5.82 Å². The first-order valence-electron chi connectivity index (χ1n) is 8.87. The Morgan fingerprint density at radius 3 is 2.55 bits per heavy atom. The lowest BCUT2D eigenvalue weighted by Gasteiger charge is -2.35. The Balaban J connectivity index is 1.39. The Kier molecular flexibility index (Phi) is 4.81. The van der Waals surface area contributed by atoms with E-state index in [0.29, 0.717) is 37.9 Å². The fourth-order valence-electron chi connectivity index (χ4n) is 3.26. The van der Waals surface area contributed by atoms with Gasteiger partial charge in [0.1, 0.15) is 18.0 Å². The number of alkyl halides is 3. The molecule has 29 heavy (non-hydrogen) atoms. The zero-order valence-corrected chi connectivity index (χ0v) is 15.1. The van der Waals surface area contributed by atoms with Gasteiger partial charge >= 0.3 is 6.18 Å². The molecule has 4 rings (SSSR count). The molecule has 0 unspecified atom stereocenters. The fraction of sp³-hybridized carbons (Fsp3) is 0.333. The Morgan fingerprint density at radius 1 is 1.07 bits per heavy atom. The van der Waals surface area contributed by atoms with E-state index in [-0.39, 0.29) is 17.9 Å². The lowest BCUT2D eigenvalue weighted by molar-refractivity contribution is -0.140. The average molecular weight is 408 g/mol. The molecule has 1 aromatic carbocycles. The number of amides is 1. The van der Waals surface area contributed by atoms with Gasteiger partial charge in [0.15, 0.2) is 5.65 Å². The van der Waals surface area contributed by atoms with Gasteiger partial charge in [-0.05, 0) is 29.8 Å². The number of carbonyl (C=O) groups excluding carboxylic acids is 1. The van der Waals surface area contributed by atoms with Gasteiger partial charge in [-0.3, -0.25) is 4.79 Å². The predicted molar refractivity (Wildman–Crippen MR) is 94.7 cm³/mol. The summed E-state index contributed by atoms with van der Waals surface area (Å²) in [5, 5.41) is 12.1. The van der Waals surface area contributed by atoms with Crippen LogP contribution in [-0.4, -0.2) is 56.8 Å². The number of rotatable bonds is 3. The van der Waals surface area contributed by atoms with Gasteiger partial charge in [0, 0.05) is 26.2 Å². The molecule has 152 valence electrons. The molecular weight excluding hydrogens is 392 g/mol. The van der Waals surface area contributed by atoms with Crippen LogP contribution in [0.5, 0.6) is 0 Å². The summed E-state index contributed by atoms with van der Waals surface area (Å²) in [6, 6.07) is 6.26. The molecule has 1 aliphatic rings. The van der Waals surface area contributed by atoms with Crippen LogP contribution in [0.1, 0.15) is 11.1 Å². The molecule has 11 heteroatoms. The van der Waals surface area contributed by atoms with E-state index in [2.05, 4.69) is 15.3 Å². The van der Waals surface area contributed by atoms with Crippen molar-refractivity contribution in [3.8, 4) is 0 Å². The zero-order valence-electron chi connectivity index (χ0n) is 15.1. The van der Waals surface area contributed by atoms with Crippen molar-refractivity contribution in [1.82, 2.24) is 24.7 Å². The van der Waals surface area contributed by atoms with Crippen molar-refractivity contribution in [2.24, 2.45) is 0 Å². The average Bonchev–Trinajstić information content (AvgIpc) is 3.16. The number of hydrogen-bond acceptors (Lipinski definition) is 5. The smallest absolute Gasteiger partial charge is 0.352 e. The molecule has 0 spiro atoms. The van der Waals surface area contributed by atoms with Crippen LogP contribution in [0.25, 0.3) is 5.65 Å². The second kappa shape index (κ2) is 7.30. The normalized spacial score (nSPS) is 15.2. The summed E-state index contributed by atoms with van der Waals surface area (Å²) >= 11 is 0. The number of fused-ring (bicyclic) bond motifs is 1. The molecule has 1 saturated heterocycles. The van der Waals surface area contributed by atoms with E-state index in [1.807, 2.05) is 11.0 Å². The first-order valence-corrected chi connectivity index (χ1v) is 8.87.